The maximum absolute atomic E-state index is 12.7. The number of aliphatic hydroxyl groups excluding tert-OH is 4. The highest BCUT2D eigenvalue weighted by Crippen LogP contribution is 2.22. The number of carbonyl (C=O) groups is 2. The lowest BCUT2D eigenvalue weighted by Crippen LogP contribution is -2.59. The van der Waals surface area contributed by atoms with Crippen molar-refractivity contribution in [3.05, 3.63) is 0 Å². The van der Waals surface area contributed by atoms with Gasteiger partial charge in [-0.25, -0.2) is 0 Å². The lowest BCUT2D eigenvalue weighted by Gasteiger charge is -2.39. The lowest BCUT2D eigenvalue weighted by molar-refractivity contribution is -0.305. The summed E-state index contributed by atoms with van der Waals surface area (Å²) in [6, 6.07) is 0. The molecule has 0 saturated carbocycles. The Labute approximate surface area is 291 Å². The van der Waals surface area contributed by atoms with E-state index in [-0.39, 0.29) is 32.0 Å². The first-order chi connectivity index (χ1) is 23.3. The van der Waals surface area contributed by atoms with Crippen LogP contribution in [-0.2, 0) is 28.5 Å². The van der Waals surface area contributed by atoms with Gasteiger partial charge >= 0.3 is 11.9 Å². The predicted molar refractivity (Wildman–Crippen MR) is 187 cm³/mol. The summed E-state index contributed by atoms with van der Waals surface area (Å²) in [5.74, 6) is -0.799. The molecule has 6 atom stereocenters. The second-order valence-corrected chi connectivity index (χ2v) is 13.8. The first kappa shape index (κ1) is 44.7. The van der Waals surface area contributed by atoms with Crippen molar-refractivity contribution in [1.82, 2.24) is 0 Å². The molecule has 6 unspecified atom stereocenters. The fourth-order valence-corrected chi connectivity index (χ4v) is 6.07. The molecule has 10 nitrogen and oxygen atoms in total. The van der Waals surface area contributed by atoms with Crippen molar-refractivity contribution in [3.63, 3.8) is 0 Å². The van der Waals surface area contributed by atoms with Gasteiger partial charge in [-0.3, -0.25) is 9.59 Å². The zero-order valence-electron chi connectivity index (χ0n) is 30.5. The molecule has 284 valence electrons. The SMILES string of the molecule is CCCCCCCCCCCCCCC(=O)OC(COC(=O)CCCCCCCCCCCCC)COC1OC(CO)C(O)C(O)C1O. The molecule has 0 radical (unpaired) electrons. The van der Waals surface area contributed by atoms with E-state index in [1.165, 1.54) is 103 Å². The van der Waals surface area contributed by atoms with Crippen LogP contribution in [0, 0.1) is 0 Å². The highest BCUT2D eigenvalue weighted by atomic mass is 16.7. The molecule has 1 aliphatic rings. The summed E-state index contributed by atoms with van der Waals surface area (Å²) in [5, 5.41) is 39.9. The first-order valence-corrected chi connectivity index (χ1v) is 19.6. The fourth-order valence-electron chi connectivity index (χ4n) is 6.07. The van der Waals surface area contributed by atoms with Crippen LogP contribution in [0.4, 0.5) is 0 Å². The molecule has 1 fully saturated rings. The number of unbranched alkanes of at least 4 members (excludes halogenated alkanes) is 21. The summed E-state index contributed by atoms with van der Waals surface area (Å²) in [5.41, 5.74) is 0. The van der Waals surface area contributed by atoms with E-state index < -0.39 is 49.4 Å². The minimum atomic E-state index is -1.59. The van der Waals surface area contributed by atoms with E-state index in [1.807, 2.05) is 0 Å². The van der Waals surface area contributed by atoms with Gasteiger partial charge in [0.25, 0.3) is 0 Å². The second kappa shape index (κ2) is 30.5. The molecular formula is C38H72O10. The molecule has 0 amide bonds. The van der Waals surface area contributed by atoms with Gasteiger partial charge in [-0.05, 0) is 12.8 Å². The molecule has 1 aliphatic heterocycles. The van der Waals surface area contributed by atoms with Crippen LogP contribution in [-0.4, -0.2) is 89.0 Å². The van der Waals surface area contributed by atoms with Crippen LogP contribution in [0.25, 0.3) is 0 Å². The second-order valence-electron chi connectivity index (χ2n) is 13.8. The summed E-state index contributed by atoms with van der Waals surface area (Å²) in [7, 11) is 0. The Morgan fingerprint density at radius 3 is 1.42 bits per heavy atom. The number of hydrogen-bond donors (Lipinski definition) is 4. The van der Waals surface area contributed by atoms with E-state index in [2.05, 4.69) is 13.8 Å². The number of hydrogen-bond acceptors (Lipinski definition) is 10. The highest BCUT2D eigenvalue weighted by Gasteiger charge is 2.44. The Hall–Kier alpha value is -1.30. The Morgan fingerprint density at radius 1 is 0.562 bits per heavy atom. The summed E-state index contributed by atoms with van der Waals surface area (Å²) in [6.07, 6.45) is 19.7. The van der Waals surface area contributed by atoms with Crippen molar-refractivity contribution in [1.29, 1.82) is 0 Å². The van der Waals surface area contributed by atoms with E-state index >= 15 is 0 Å². The molecule has 1 saturated heterocycles. The van der Waals surface area contributed by atoms with E-state index in [0.29, 0.717) is 6.42 Å². The Kier molecular flexibility index (Phi) is 28.4. The number of rotatable bonds is 32. The van der Waals surface area contributed by atoms with E-state index in [0.717, 1.165) is 38.5 Å². The molecule has 0 spiro atoms. The topological polar surface area (TPSA) is 152 Å². The quantitative estimate of drug-likeness (QED) is 0.0427. The molecule has 4 N–H and O–H groups in total. The standard InChI is InChI=1S/C38H72O10/c1-3-5-7-9-11-13-15-17-19-21-23-25-27-34(41)47-31(30-46-38-37(44)36(43)35(42)32(28-39)48-38)29-45-33(40)26-24-22-20-18-16-14-12-10-8-6-4-2/h31-32,35-39,42-44H,3-30H2,1-2H3. The highest BCUT2D eigenvalue weighted by molar-refractivity contribution is 5.70. The third-order valence-electron chi connectivity index (χ3n) is 9.24. The van der Waals surface area contributed by atoms with Gasteiger partial charge in [0.15, 0.2) is 12.4 Å². The van der Waals surface area contributed by atoms with Crippen LogP contribution in [0.1, 0.15) is 174 Å². The maximum Gasteiger partial charge on any atom is 0.306 e. The van der Waals surface area contributed by atoms with E-state index in [1.54, 1.807) is 0 Å². The molecule has 0 aromatic carbocycles. The molecule has 0 aromatic rings. The van der Waals surface area contributed by atoms with Crippen LogP contribution in [0.3, 0.4) is 0 Å². The third kappa shape index (κ3) is 22.4. The van der Waals surface area contributed by atoms with Gasteiger partial charge in [0.1, 0.15) is 31.0 Å². The largest absolute Gasteiger partial charge is 0.462 e. The smallest absolute Gasteiger partial charge is 0.306 e. The zero-order valence-corrected chi connectivity index (χ0v) is 30.5. The predicted octanol–water partition coefficient (Wildman–Crippen LogP) is 7.05. The van der Waals surface area contributed by atoms with Crippen LogP contribution >= 0.6 is 0 Å². The van der Waals surface area contributed by atoms with E-state index in [9.17, 15) is 30.0 Å². The van der Waals surface area contributed by atoms with Gasteiger partial charge in [-0.15, -0.1) is 0 Å². The van der Waals surface area contributed by atoms with Gasteiger partial charge in [0.2, 0.25) is 0 Å². The van der Waals surface area contributed by atoms with Crippen molar-refractivity contribution >= 4 is 11.9 Å². The minimum Gasteiger partial charge on any atom is -0.462 e. The molecule has 1 rings (SSSR count). The third-order valence-corrected chi connectivity index (χ3v) is 9.24. The van der Waals surface area contributed by atoms with Crippen LogP contribution in [0.15, 0.2) is 0 Å². The van der Waals surface area contributed by atoms with Gasteiger partial charge in [0, 0.05) is 12.8 Å². The summed E-state index contributed by atoms with van der Waals surface area (Å²) in [4.78, 5) is 25.1. The van der Waals surface area contributed by atoms with Gasteiger partial charge in [-0.1, -0.05) is 149 Å². The minimum absolute atomic E-state index is 0.210. The van der Waals surface area contributed by atoms with Crippen LogP contribution < -0.4 is 0 Å². The molecule has 0 bridgehead atoms. The van der Waals surface area contributed by atoms with Gasteiger partial charge in [-0.2, -0.15) is 0 Å². The van der Waals surface area contributed by atoms with Crippen LogP contribution in [0.2, 0.25) is 0 Å². The molecular weight excluding hydrogens is 616 g/mol. The summed E-state index contributed by atoms with van der Waals surface area (Å²) in [6.45, 7) is 3.40. The van der Waals surface area contributed by atoms with Gasteiger partial charge in [0.05, 0.1) is 13.2 Å². The average Bonchev–Trinajstić information content (AvgIpc) is 3.08. The number of ether oxygens (including phenoxy) is 4. The molecule has 10 heteroatoms. The molecule has 48 heavy (non-hydrogen) atoms. The average molecular weight is 689 g/mol. The van der Waals surface area contributed by atoms with Crippen molar-refractivity contribution in [3.8, 4) is 0 Å². The zero-order chi connectivity index (χ0) is 35.2. The maximum atomic E-state index is 12.7. The number of esters is 2. The van der Waals surface area contributed by atoms with E-state index in [4.69, 9.17) is 18.9 Å². The summed E-state index contributed by atoms with van der Waals surface area (Å²) < 4.78 is 22.0. The Balaban J connectivity index is 2.39. The Bertz CT molecular complexity index is 764. The van der Waals surface area contributed by atoms with Crippen molar-refractivity contribution < 1.29 is 49.0 Å². The van der Waals surface area contributed by atoms with Crippen LogP contribution in [0.5, 0.6) is 0 Å². The monoisotopic (exact) mass is 689 g/mol. The summed E-state index contributed by atoms with van der Waals surface area (Å²) >= 11 is 0. The Morgan fingerprint density at radius 2 is 0.979 bits per heavy atom. The number of aliphatic hydroxyl groups is 4. The molecule has 1 heterocycles. The van der Waals surface area contributed by atoms with Crippen molar-refractivity contribution in [2.45, 2.75) is 211 Å². The van der Waals surface area contributed by atoms with Crippen molar-refractivity contribution in [2.24, 2.45) is 0 Å². The fraction of sp³-hybridized carbons (Fsp3) is 0.947. The molecule has 0 aromatic heterocycles. The number of carbonyl (C=O) groups excluding carboxylic acids is 2. The lowest BCUT2D eigenvalue weighted by atomic mass is 9.99. The van der Waals surface area contributed by atoms with Gasteiger partial charge < -0.3 is 39.4 Å². The normalized spacial score (nSPS) is 21.7. The van der Waals surface area contributed by atoms with Crippen molar-refractivity contribution in [2.75, 3.05) is 19.8 Å². The first-order valence-electron chi connectivity index (χ1n) is 19.6. The molecule has 0 aliphatic carbocycles.